The molecule has 7 heteroatoms. The fraction of sp³-hybridized carbons (Fsp3) is 0.214. The highest BCUT2D eigenvalue weighted by Crippen LogP contribution is 2.30. The van der Waals surface area contributed by atoms with Gasteiger partial charge in [-0.3, -0.25) is 14.4 Å². The van der Waals surface area contributed by atoms with Gasteiger partial charge in [0, 0.05) is 24.1 Å². The van der Waals surface area contributed by atoms with Gasteiger partial charge in [-0.1, -0.05) is 36.4 Å². The fourth-order valence-electron chi connectivity index (χ4n) is 4.06. The minimum atomic E-state index is -1.03. The summed E-state index contributed by atoms with van der Waals surface area (Å²) >= 11 is 0. The number of benzene rings is 2. The lowest BCUT2D eigenvalue weighted by Gasteiger charge is -2.20. The number of carbonyl (C=O) groups excluding carboxylic acids is 1. The number of carboxylic acid groups (broad SMARTS) is 1. The molecule has 0 spiro atoms. The van der Waals surface area contributed by atoms with Crippen molar-refractivity contribution in [3.05, 3.63) is 94.4 Å². The molecule has 1 aliphatic carbocycles. The predicted molar refractivity (Wildman–Crippen MR) is 134 cm³/mol. The molecule has 4 aromatic rings. The molecule has 0 radical (unpaired) electrons. The Kier molecular flexibility index (Phi) is 5.47. The van der Waals surface area contributed by atoms with Gasteiger partial charge in [0.2, 0.25) is 5.43 Å². The highest BCUT2D eigenvalue weighted by atomic mass is 16.4. The topological polar surface area (TPSA) is 101 Å². The average Bonchev–Trinajstić information content (AvgIpc) is 3.68. The number of aromatic nitrogens is 2. The van der Waals surface area contributed by atoms with E-state index in [4.69, 9.17) is 0 Å². The molecule has 1 fully saturated rings. The van der Waals surface area contributed by atoms with E-state index in [2.05, 4.69) is 10.3 Å². The summed E-state index contributed by atoms with van der Waals surface area (Å²) in [5.41, 5.74) is 2.32. The summed E-state index contributed by atoms with van der Waals surface area (Å²) < 4.78 is 1.76. The molecule has 2 heterocycles. The van der Waals surface area contributed by atoms with Crippen molar-refractivity contribution < 1.29 is 14.7 Å². The van der Waals surface area contributed by atoms with E-state index in [1.54, 1.807) is 42.9 Å². The second kappa shape index (κ2) is 8.51. The Morgan fingerprint density at radius 2 is 1.74 bits per heavy atom. The van der Waals surface area contributed by atoms with Crippen LogP contribution in [-0.4, -0.2) is 32.6 Å². The number of carboxylic acids is 1. The molecular formula is C28H25N3O4. The van der Waals surface area contributed by atoms with Crippen LogP contribution in [0.15, 0.2) is 77.9 Å². The summed E-state index contributed by atoms with van der Waals surface area (Å²) in [7, 11) is 0. The van der Waals surface area contributed by atoms with Gasteiger partial charge in [0.05, 0.1) is 10.8 Å². The van der Waals surface area contributed by atoms with Gasteiger partial charge in [0.25, 0.3) is 5.91 Å². The molecule has 0 unspecified atom stereocenters. The van der Waals surface area contributed by atoms with Crippen LogP contribution in [0.4, 0.5) is 0 Å². The Bertz CT molecular complexity index is 1530. The van der Waals surface area contributed by atoms with Gasteiger partial charge in [-0.05, 0) is 67.6 Å². The van der Waals surface area contributed by atoms with E-state index in [1.807, 2.05) is 48.5 Å². The molecule has 0 aliphatic heterocycles. The van der Waals surface area contributed by atoms with Crippen LogP contribution in [0.25, 0.3) is 27.8 Å². The van der Waals surface area contributed by atoms with Crippen molar-refractivity contribution in [2.75, 3.05) is 0 Å². The van der Waals surface area contributed by atoms with Gasteiger partial charge in [-0.15, -0.1) is 0 Å². The number of carbonyl (C=O) groups is 2. The maximum absolute atomic E-state index is 13.1. The third kappa shape index (κ3) is 4.21. The number of nitrogens with one attached hydrogen (secondary N) is 1. The second-order valence-electron chi connectivity index (χ2n) is 9.43. The number of nitrogens with zero attached hydrogens (tertiary/aromatic N) is 2. The Morgan fingerprint density at radius 3 is 2.46 bits per heavy atom. The van der Waals surface area contributed by atoms with Crippen molar-refractivity contribution in [1.82, 2.24) is 14.9 Å². The molecule has 1 saturated carbocycles. The SMILES string of the molecule is CC(C)(C(=O)O)c1cccc(-c2cccc(-n3cc(C(=O)NC4CC4)c(=O)c4cccnc43)c2)c1. The smallest absolute Gasteiger partial charge is 0.313 e. The minimum Gasteiger partial charge on any atom is -0.481 e. The van der Waals surface area contributed by atoms with E-state index in [-0.39, 0.29) is 22.9 Å². The number of fused-ring (bicyclic) bond motifs is 1. The first-order valence-electron chi connectivity index (χ1n) is 11.5. The molecule has 0 saturated heterocycles. The van der Waals surface area contributed by atoms with E-state index in [9.17, 15) is 19.5 Å². The van der Waals surface area contributed by atoms with Crippen LogP contribution in [0.2, 0.25) is 0 Å². The van der Waals surface area contributed by atoms with Crippen molar-refractivity contribution in [2.45, 2.75) is 38.1 Å². The maximum atomic E-state index is 13.1. The van der Waals surface area contributed by atoms with E-state index in [0.717, 1.165) is 29.7 Å². The highest BCUT2D eigenvalue weighted by molar-refractivity contribution is 5.97. The number of amides is 1. The average molecular weight is 468 g/mol. The lowest BCUT2D eigenvalue weighted by Crippen LogP contribution is -2.31. The molecule has 2 aromatic carbocycles. The quantitative estimate of drug-likeness (QED) is 0.440. The van der Waals surface area contributed by atoms with Gasteiger partial charge in [-0.25, -0.2) is 4.98 Å². The Balaban J connectivity index is 1.63. The zero-order valence-electron chi connectivity index (χ0n) is 19.5. The molecule has 1 aliphatic rings. The molecule has 2 N–H and O–H groups in total. The van der Waals surface area contributed by atoms with Crippen LogP contribution in [0.3, 0.4) is 0 Å². The van der Waals surface area contributed by atoms with E-state index >= 15 is 0 Å². The van der Waals surface area contributed by atoms with Crippen LogP contribution < -0.4 is 10.7 Å². The Morgan fingerprint density at radius 1 is 1.03 bits per heavy atom. The van der Waals surface area contributed by atoms with E-state index in [1.165, 1.54) is 0 Å². The third-order valence-corrected chi connectivity index (χ3v) is 6.50. The van der Waals surface area contributed by atoms with Gasteiger partial charge in [-0.2, -0.15) is 0 Å². The molecule has 35 heavy (non-hydrogen) atoms. The van der Waals surface area contributed by atoms with Crippen molar-refractivity contribution in [1.29, 1.82) is 0 Å². The van der Waals surface area contributed by atoms with Crippen molar-refractivity contribution in [2.24, 2.45) is 0 Å². The maximum Gasteiger partial charge on any atom is 0.313 e. The van der Waals surface area contributed by atoms with Crippen LogP contribution in [-0.2, 0) is 10.2 Å². The molecule has 7 nitrogen and oxygen atoms in total. The number of hydrogen-bond donors (Lipinski definition) is 2. The van der Waals surface area contributed by atoms with Crippen LogP contribution in [0, 0.1) is 0 Å². The fourth-order valence-corrected chi connectivity index (χ4v) is 4.06. The minimum absolute atomic E-state index is 0.0769. The number of pyridine rings is 2. The lowest BCUT2D eigenvalue weighted by atomic mass is 9.83. The molecule has 176 valence electrons. The Labute approximate surface area is 202 Å². The van der Waals surface area contributed by atoms with Crippen LogP contribution in [0.5, 0.6) is 0 Å². The molecule has 0 atom stereocenters. The van der Waals surface area contributed by atoms with E-state index in [0.29, 0.717) is 16.6 Å². The highest BCUT2D eigenvalue weighted by Gasteiger charge is 2.29. The molecule has 0 bridgehead atoms. The number of rotatable bonds is 6. The summed E-state index contributed by atoms with van der Waals surface area (Å²) in [5, 5.41) is 12.9. The summed E-state index contributed by atoms with van der Waals surface area (Å²) in [6.45, 7) is 3.36. The van der Waals surface area contributed by atoms with Crippen LogP contribution >= 0.6 is 0 Å². The monoisotopic (exact) mass is 467 g/mol. The van der Waals surface area contributed by atoms with Crippen molar-refractivity contribution >= 4 is 22.9 Å². The lowest BCUT2D eigenvalue weighted by molar-refractivity contribution is -0.142. The predicted octanol–water partition coefficient (Wildman–Crippen LogP) is 4.31. The molecule has 1 amide bonds. The summed E-state index contributed by atoms with van der Waals surface area (Å²) in [5.74, 6) is -1.28. The first-order chi connectivity index (χ1) is 16.8. The molecule has 2 aromatic heterocycles. The molecule has 5 rings (SSSR count). The van der Waals surface area contributed by atoms with Gasteiger partial charge < -0.3 is 15.0 Å². The van der Waals surface area contributed by atoms with Crippen molar-refractivity contribution in [3.63, 3.8) is 0 Å². The second-order valence-corrected chi connectivity index (χ2v) is 9.43. The number of hydrogen-bond acceptors (Lipinski definition) is 4. The summed E-state index contributed by atoms with van der Waals surface area (Å²) in [6, 6.07) is 18.6. The Hall–Kier alpha value is -4.26. The molecular weight excluding hydrogens is 442 g/mol. The van der Waals surface area contributed by atoms with E-state index < -0.39 is 11.4 Å². The first-order valence-corrected chi connectivity index (χ1v) is 11.5. The number of aliphatic carboxylic acids is 1. The third-order valence-electron chi connectivity index (χ3n) is 6.50. The normalized spacial score (nSPS) is 13.5. The summed E-state index contributed by atoms with van der Waals surface area (Å²) in [6.07, 6.45) is 5.02. The zero-order valence-corrected chi connectivity index (χ0v) is 19.5. The largest absolute Gasteiger partial charge is 0.481 e. The van der Waals surface area contributed by atoms with Gasteiger partial charge in [0.1, 0.15) is 11.2 Å². The van der Waals surface area contributed by atoms with Crippen LogP contribution in [0.1, 0.15) is 42.6 Å². The van der Waals surface area contributed by atoms with Crippen molar-refractivity contribution in [3.8, 4) is 16.8 Å². The first kappa shape index (κ1) is 22.5. The van der Waals surface area contributed by atoms with Gasteiger partial charge >= 0.3 is 5.97 Å². The standard InChI is InChI=1S/C28H25N3O4/c1-28(2,27(34)35)19-8-3-6-17(14-19)18-7-4-9-21(15-18)31-16-23(26(33)30-20-11-12-20)24(32)22-10-5-13-29-25(22)31/h3-10,13-16,20H,11-12H2,1-2H3,(H,30,33)(H,34,35). The summed E-state index contributed by atoms with van der Waals surface area (Å²) in [4.78, 5) is 42.1. The zero-order chi connectivity index (χ0) is 24.7. The van der Waals surface area contributed by atoms with Gasteiger partial charge in [0.15, 0.2) is 0 Å².